The summed E-state index contributed by atoms with van der Waals surface area (Å²) in [6, 6.07) is 13.4. The Hall–Kier alpha value is -1.79. The Bertz CT molecular complexity index is 908. The average molecular weight is 376 g/mol. The van der Waals surface area contributed by atoms with Crippen molar-refractivity contribution >= 4 is 30.3 Å². The SMILES string of the molecule is O=S(=O)(NS(=O)(=O)c1ccccc1)NS(=O)(=O)c1ccccc1. The van der Waals surface area contributed by atoms with E-state index in [2.05, 4.69) is 0 Å². The summed E-state index contributed by atoms with van der Waals surface area (Å²) < 4.78 is 74.1. The van der Waals surface area contributed by atoms with Crippen LogP contribution >= 0.6 is 0 Å². The van der Waals surface area contributed by atoms with Crippen LogP contribution in [0.4, 0.5) is 0 Å². The second kappa shape index (κ2) is 6.37. The molecule has 0 aliphatic rings. The first-order valence-corrected chi connectivity index (χ1v) is 10.5. The first-order valence-electron chi connectivity index (χ1n) is 6.05. The molecular formula is C12H12N2O6S3. The van der Waals surface area contributed by atoms with Gasteiger partial charge in [-0.05, 0) is 24.3 Å². The molecule has 0 atom stereocenters. The quantitative estimate of drug-likeness (QED) is 0.741. The Labute approximate surface area is 134 Å². The molecule has 2 aromatic carbocycles. The van der Waals surface area contributed by atoms with Crippen molar-refractivity contribution < 1.29 is 25.3 Å². The van der Waals surface area contributed by atoms with Crippen LogP contribution in [0.1, 0.15) is 0 Å². The summed E-state index contributed by atoms with van der Waals surface area (Å²) >= 11 is 0. The van der Waals surface area contributed by atoms with Gasteiger partial charge in [0.2, 0.25) is 0 Å². The molecule has 0 radical (unpaired) electrons. The van der Waals surface area contributed by atoms with Crippen LogP contribution < -0.4 is 8.25 Å². The average Bonchev–Trinajstić information content (AvgIpc) is 2.47. The lowest BCUT2D eigenvalue weighted by Crippen LogP contribution is -2.42. The molecule has 0 aliphatic heterocycles. The molecule has 0 saturated carbocycles. The maximum Gasteiger partial charge on any atom is 0.303 e. The first-order chi connectivity index (χ1) is 10.6. The molecule has 2 rings (SSSR count). The molecule has 11 heteroatoms. The van der Waals surface area contributed by atoms with Crippen LogP contribution in [0.25, 0.3) is 0 Å². The summed E-state index contributed by atoms with van der Waals surface area (Å²) in [6.07, 6.45) is 0. The van der Waals surface area contributed by atoms with E-state index in [1.54, 1.807) is 12.1 Å². The number of benzene rings is 2. The van der Waals surface area contributed by atoms with Crippen LogP contribution in [0, 0.1) is 0 Å². The highest BCUT2D eigenvalue weighted by atomic mass is 32.3. The molecule has 2 N–H and O–H groups in total. The third-order valence-electron chi connectivity index (χ3n) is 2.55. The molecule has 0 amide bonds. The van der Waals surface area contributed by atoms with E-state index in [-0.39, 0.29) is 9.79 Å². The van der Waals surface area contributed by atoms with E-state index in [1.807, 2.05) is 0 Å². The van der Waals surface area contributed by atoms with Gasteiger partial charge in [-0.25, -0.2) is 16.8 Å². The predicted octanol–water partition coefficient (Wildman–Crippen LogP) is 0.188. The van der Waals surface area contributed by atoms with E-state index in [9.17, 15) is 25.3 Å². The third kappa shape index (κ3) is 4.59. The van der Waals surface area contributed by atoms with Crippen LogP contribution in [0.5, 0.6) is 0 Å². The van der Waals surface area contributed by atoms with Crippen molar-refractivity contribution in [2.45, 2.75) is 9.79 Å². The highest BCUT2D eigenvalue weighted by molar-refractivity contribution is 8.10. The van der Waals surface area contributed by atoms with E-state index in [1.165, 1.54) is 56.8 Å². The van der Waals surface area contributed by atoms with Gasteiger partial charge in [0.1, 0.15) is 0 Å². The van der Waals surface area contributed by atoms with Crippen molar-refractivity contribution in [1.82, 2.24) is 8.25 Å². The number of hydrogen-bond acceptors (Lipinski definition) is 6. The zero-order valence-electron chi connectivity index (χ0n) is 11.4. The normalized spacial score (nSPS) is 12.9. The fourth-order valence-corrected chi connectivity index (χ4v) is 6.16. The summed E-state index contributed by atoms with van der Waals surface area (Å²) in [5.41, 5.74) is 0. The lowest BCUT2D eigenvalue weighted by Gasteiger charge is -2.09. The van der Waals surface area contributed by atoms with Gasteiger partial charge in [-0.1, -0.05) is 44.7 Å². The van der Waals surface area contributed by atoms with E-state index in [0.29, 0.717) is 0 Å². The van der Waals surface area contributed by atoms with Gasteiger partial charge in [-0.3, -0.25) is 0 Å². The second-order valence-electron chi connectivity index (χ2n) is 4.30. The van der Waals surface area contributed by atoms with E-state index >= 15 is 0 Å². The molecule has 0 aromatic heterocycles. The lowest BCUT2D eigenvalue weighted by atomic mass is 10.4. The van der Waals surface area contributed by atoms with Gasteiger partial charge in [0.25, 0.3) is 20.0 Å². The van der Waals surface area contributed by atoms with Crippen molar-refractivity contribution in [1.29, 1.82) is 0 Å². The van der Waals surface area contributed by atoms with Crippen molar-refractivity contribution in [3.63, 3.8) is 0 Å². The zero-order chi connectivity index (χ0) is 17.1. The Morgan fingerprint density at radius 3 is 1.13 bits per heavy atom. The maximum absolute atomic E-state index is 11.9. The molecule has 8 nitrogen and oxygen atoms in total. The van der Waals surface area contributed by atoms with Gasteiger partial charge in [-0.2, -0.15) is 8.42 Å². The van der Waals surface area contributed by atoms with Gasteiger partial charge in [-0.15, -0.1) is 0 Å². The molecule has 0 fully saturated rings. The Kier molecular flexibility index (Phi) is 4.87. The van der Waals surface area contributed by atoms with Crippen LogP contribution in [-0.2, 0) is 30.3 Å². The van der Waals surface area contributed by atoms with Gasteiger partial charge in [0.05, 0.1) is 9.79 Å². The summed E-state index contributed by atoms with van der Waals surface area (Å²) in [5, 5.41) is 0. The smallest absolute Gasteiger partial charge is 0.206 e. The molecular weight excluding hydrogens is 364 g/mol. The fourth-order valence-electron chi connectivity index (χ4n) is 1.60. The predicted molar refractivity (Wildman–Crippen MR) is 82.4 cm³/mol. The van der Waals surface area contributed by atoms with Crippen molar-refractivity contribution in [3.05, 3.63) is 60.7 Å². The minimum Gasteiger partial charge on any atom is -0.206 e. The molecule has 0 unspecified atom stereocenters. The third-order valence-corrected chi connectivity index (χ3v) is 7.84. The minimum absolute atomic E-state index is 0.317. The van der Waals surface area contributed by atoms with Crippen molar-refractivity contribution in [3.8, 4) is 0 Å². The van der Waals surface area contributed by atoms with Gasteiger partial charge in [0.15, 0.2) is 0 Å². The Morgan fingerprint density at radius 2 is 0.826 bits per heavy atom. The minimum atomic E-state index is -4.87. The Morgan fingerprint density at radius 1 is 0.522 bits per heavy atom. The van der Waals surface area contributed by atoms with Crippen molar-refractivity contribution in [2.24, 2.45) is 0 Å². The van der Waals surface area contributed by atoms with Crippen LogP contribution in [0.15, 0.2) is 70.5 Å². The van der Waals surface area contributed by atoms with Crippen LogP contribution in [0.3, 0.4) is 0 Å². The molecule has 23 heavy (non-hydrogen) atoms. The van der Waals surface area contributed by atoms with Crippen molar-refractivity contribution in [2.75, 3.05) is 0 Å². The number of sulfonamides is 2. The summed E-state index contributed by atoms with van der Waals surface area (Å²) in [6.45, 7) is 0. The molecule has 0 saturated heterocycles. The maximum atomic E-state index is 11.9. The molecule has 0 aliphatic carbocycles. The second-order valence-corrected chi connectivity index (χ2v) is 9.60. The van der Waals surface area contributed by atoms with E-state index < -0.39 is 30.3 Å². The van der Waals surface area contributed by atoms with Gasteiger partial charge >= 0.3 is 10.2 Å². The van der Waals surface area contributed by atoms with Gasteiger partial charge < -0.3 is 0 Å². The summed E-state index contributed by atoms with van der Waals surface area (Å²) in [4.78, 5) is -0.634. The summed E-state index contributed by atoms with van der Waals surface area (Å²) in [5.74, 6) is 0. The topological polar surface area (TPSA) is 126 Å². The monoisotopic (exact) mass is 376 g/mol. The largest absolute Gasteiger partial charge is 0.303 e. The highest BCUT2D eigenvalue weighted by Gasteiger charge is 2.28. The zero-order valence-corrected chi connectivity index (χ0v) is 13.9. The first kappa shape index (κ1) is 17.6. The fraction of sp³-hybridized carbons (Fsp3) is 0. The molecule has 124 valence electrons. The highest BCUT2D eigenvalue weighted by Crippen LogP contribution is 2.11. The van der Waals surface area contributed by atoms with E-state index in [4.69, 9.17) is 0 Å². The van der Waals surface area contributed by atoms with Crippen LogP contribution in [-0.4, -0.2) is 25.3 Å². The number of rotatable bonds is 6. The number of hydrogen-bond donors (Lipinski definition) is 2. The standard InChI is InChI=1S/C12H12N2O6S3/c15-21(16,11-7-3-1-4-8-11)13-23(19,20)14-22(17,18)12-9-5-2-6-10-12/h1-10,13-14H. The molecule has 0 spiro atoms. The van der Waals surface area contributed by atoms with Crippen LogP contribution in [0.2, 0.25) is 0 Å². The van der Waals surface area contributed by atoms with Gasteiger partial charge in [0, 0.05) is 0 Å². The summed E-state index contributed by atoms with van der Waals surface area (Å²) in [7, 11) is -13.7. The molecule has 0 heterocycles. The molecule has 0 bridgehead atoms. The lowest BCUT2D eigenvalue weighted by molar-refractivity contribution is 0.569. The number of nitrogens with one attached hydrogen (secondary N) is 2. The van der Waals surface area contributed by atoms with E-state index in [0.717, 1.165) is 0 Å². The Balaban J connectivity index is 2.27. The molecule has 2 aromatic rings.